The van der Waals surface area contributed by atoms with E-state index in [4.69, 9.17) is 11.6 Å². The highest BCUT2D eigenvalue weighted by Gasteiger charge is 2.37. The minimum absolute atomic E-state index is 0.0227. The second-order valence-electron chi connectivity index (χ2n) is 7.62. The highest BCUT2D eigenvalue weighted by atomic mass is 35.5. The Morgan fingerprint density at radius 3 is 1.92 bits per heavy atom. The summed E-state index contributed by atoms with van der Waals surface area (Å²) in [5, 5.41) is 3.87. The monoisotopic (exact) mass is 564 g/mol. The first-order chi connectivity index (χ1) is 17.0. The number of rotatable bonds is 5. The summed E-state index contributed by atoms with van der Waals surface area (Å²) >= 11 is 5.75. The average Bonchev–Trinajstić information content (AvgIpc) is 2.77. The Bertz CT molecular complexity index is 1410. The van der Waals surface area contributed by atoms with Crippen LogP contribution in [0.15, 0.2) is 71.6 Å². The molecule has 0 heterocycles. The SMILES string of the molecule is O=C(NC(=O)c1cccc(CS(=O)(=O)c2ccc(Cl)cc2)c1)Nc1cc(C(F)(F)F)cc(C(F)(F)F)c1. The number of amides is 3. The molecule has 0 aliphatic carbocycles. The van der Waals surface area contributed by atoms with E-state index >= 15 is 0 Å². The van der Waals surface area contributed by atoms with Gasteiger partial charge in [-0.2, -0.15) is 26.3 Å². The zero-order valence-corrected chi connectivity index (χ0v) is 19.8. The van der Waals surface area contributed by atoms with E-state index in [2.05, 4.69) is 0 Å². The highest BCUT2D eigenvalue weighted by molar-refractivity contribution is 7.90. The molecule has 0 saturated heterocycles. The van der Waals surface area contributed by atoms with Crippen LogP contribution in [0, 0.1) is 0 Å². The van der Waals surface area contributed by atoms with Crippen molar-refractivity contribution in [2.45, 2.75) is 23.0 Å². The Morgan fingerprint density at radius 1 is 0.811 bits per heavy atom. The van der Waals surface area contributed by atoms with Gasteiger partial charge in [0.05, 0.1) is 21.8 Å². The van der Waals surface area contributed by atoms with Gasteiger partial charge in [0, 0.05) is 16.3 Å². The van der Waals surface area contributed by atoms with Crippen LogP contribution >= 0.6 is 11.6 Å². The van der Waals surface area contributed by atoms with Gasteiger partial charge in [0.25, 0.3) is 5.91 Å². The van der Waals surface area contributed by atoms with Crippen LogP contribution in [-0.2, 0) is 27.9 Å². The first-order valence-electron chi connectivity index (χ1n) is 10.0. The van der Waals surface area contributed by atoms with Gasteiger partial charge < -0.3 is 5.32 Å². The molecule has 0 aromatic heterocycles. The zero-order chi connectivity index (χ0) is 27.6. The molecule has 3 aromatic carbocycles. The van der Waals surface area contributed by atoms with Crippen LogP contribution in [0.5, 0.6) is 0 Å². The number of carbonyl (C=O) groups is 2. The third-order valence-electron chi connectivity index (χ3n) is 4.79. The van der Waals surface area contributed by atoms with Crippen molar-refractivity contribution in [3.63, 3.8) is 0 Å². The Kier molecular flexibility index (Phi) is 7.89. The van der Waals surface area contributed by atoms with Crippen LogP contribution in [0.25, 0.3) is 0 Å². The van der Waals surface area contributed by atoms with Crippen molar-refractivity contribution in [3.8, 4) is 0 Å². The Hall–Kier alpha value is -3.58. The van der Waals surface area contributed by atoms with Crippen LogP contribution in [0.1, 0.15) is 27.0 Å². The molecule has 3 aromatic rings. The fourth-order valence-electron chi connectivity index (χ4n) is 3.11. The van der Waals surface area contributed by atoms with E-state index in [1.54, 1.807) is 10.6 Å². The van der Waals surface area contributed by atoms with E-state index in [1.807, 2.05) is 0 Å². The zero-order valence-electron chi connectivity index (χ0n) is 18.2. The summed E-state index contributed by atoms with van der Waals surface area (Å²) < 4.78 is 103. The summed E-state index contributed by atoms with van der Waals surface area (Å²) in [6, 6.07) is 9.56. The van der Waals surface area contributed by atoms with Crippen LogP contribution < -0.4 is 10.6 Å². The van der Waals surface area contributed by atoms with Gasteiger partial charge in [-0.1, -0.05) is 23.7 Å². The van der Waals surface area contributed by atoms with E-state index in [1.165, 1.54) is 48.5 Å². The molecule has 0 bridgehead atoms. The topological polar surface area (TPSA) is 92.3 Å². The van der Waals surface area contributed by atoms with E-state index in [0.717, 1.165) is 0 Å². The van der Waals surface area contributed by atoms with Gasteiger partial charge in [0.2, 0.25) is 0 Å². The van der Waals surface area contributed by atoms with Crippen LogP contribution in [-0.4, -0.2) is 20.4 Å². The Labute approximate surface area is 211 Å². The Balaban J connectivity index is 1.75. The number of alkyl halides is 6. The molecule has 0 spiro atoms. The van der Waals surface area contributed by atoms with Crippen molar-refractivity contribution in [3.05, 3.63) is 94.0 Å². The quantitative estimate of drug-likeness (QED) is 0.355. The van der Waals surface area contributed by atoms with Gasteiger partial charge in [0.1, 0.15) is 0 Å². The molecule has 0 saturated carbocycles. The summed E-state index contributed by atoms with van der Waals surface area (Å²) in [6.45, 7) is 0. The predicted molar refractivity (Wildman–Crippen MR) is 122 cm³/mol. The highest BCUT2D eigenvalue weighted by Crippen LogP contribution is 2.37. The number of hydrogen-bond acceptors (Lipinski definition) is 4. The van der Waals surface area contributed by atoms with Gasteiger partial charge in [0.15, 0.2) is 9.84 Å². The van der Waals surface area contributed by atoms with E-state index in [0.29, 0.717) is 5.02 Å². The molecule has 14 heteroatoms. The van der Waals surface area contributed by atoms with Crippen LogP contribution in [0.2, 0.25) is 5.02 Å². The lowest BCUT2D eigenvalue weighted by atomic mass is 10.1. The predicted octanol–water partition coefficient (Wildman–Crippen LogP) is 6.31. The van der Waals surface area contributed by atoms with Crippen molar-refractivity contribution in [2.75, 3.05) is 5.32 Å². The minimum atomic E-state index is -5.13. The molecule has 2 N–H and O–H groups in total. The molecule has 6 nitrogen and oxygen atoms in total. The number of hydrogen-bond donors (Lipinski definition) is 2. The smallest absolute Gasteiger partial charge is 0.308 e. The number of carbonyl (C=O) groups excluding carboxylic acids is 2. The molecule has 3 amide bonds. The molecular formula is C23H15ClF6N2O4S. The number of sulfone groups is 1. The first-order valence-corrected chi connectivity index (χ1v) is 12.1. The van der Waals surface area contributed by atoms with Gasteiger partial charge in [-0.15, -0.1) is 0 Å². The molecule has 37 heavy (non-hydrogen) atoms. The first kappa shape index (κ1) is 28.0. The molecule has 0 aliphatic rings. The van der Waals surface area contributed by atoms with Gasteiger partial charge in [-0.3, -0.25) is 10.1 Å². The van der Waals surface area contributed by atoms with Crippen LogP contribution in [0.4, 0.5) is 36.8 Å². The molecule has 0 fully saturated rings. The maximum absolute atomic E-state index is 13.0. The molecule has 3 rings (SSSR count). The molecule has 0 aliphatic heterocycles. The molecule has 196 valence electrons. The van der Waals surface area contributed by atoms with Crippen molar-refractivity contribution in [1.29, 1.82) is 0 Å². The molecule has 0 atom stereocenters. The van der Waals surface area contributed by atoms with E-state index in [-0.39, 0.29) is 34.2 Å². The van der Waals surface area contributed by atoms with Gasteiger partial charge in [-0.25, -0.2) is 13.2 Å². The van der Waals surface area contributed by atoms with E-state index < -0.39 is 56.7 Å². The Morgan fingerprint density at radius 2 is 1.38 bits per heavy atom. The summed E-state index contributed by atoms with van der Waals surface area (Å²) in [6.07, 6.45) is -10.3. The summed E-state index contributed by atoms with van der Waals surface area (Å²) in [4.78, 5) is 24.5. The third-order valence-corrected chi connectivity index (χ3v) is 6.75. The fraction of sp³-hybridized carbons (Fsp3) is 0.130. The van der Waals surface area contributed by atoms with Crippen molar-refractivity contribution >= 4 is 39.1 Å². The minimum Gasteiger partial charge on any atom is -0.308 e. The fourth-order valence-corrected chi connectivity index (χ4v) is 4.57. The summed E-state index contributed by atoms with van der Waals surface area (Å²) in [5.74, 6) is -1.59. The lowest BCUT2D eigenvalue weighted by Gasteiger charge is -2.15. The van der Waals surface area contributed by atoms with Gasteiger partial charge >= 0.3 is 18.4 Å². The van der Waals surface area contributed by atoms with Crippen molar-refractivity contribution < 1.29 is 44.3 Å². The van der Waals surface area contributed by atoms with Crippen molar-refractivity contribution in [1.82, 2.24) is 5.32 Å². The largest absolute Gasteiger partial charge is 0.416 e. The maximum atomic E-state index is 13.0. The second-order valence-corrected chi connectivity index (χ2v) is 10.0. The normalized spacial score (nSPS) is 12.2. The number of benzene rings is 3. The third kappa shape index (κ3) is 7.46. The maximum Gasteiger partial charge on any atom is 0.416 e. The summed E-state index contributed by atoms with van der Waals surface area (Å²) in [5.41, 5.74) is -4.16. The van der Waals surface area contributed by atoms with E-state index in [9.17, 15) is 44.3 Å². The van der Waals surface area contributed by atoms with Crippen LogP contribution in [0.3, 0.4) is 0 Å². The number of halogens is 7. The lowest BCUT2D eigenvalue weighted by molar-refractivity contribution is -0.143. The number of anilines is 1. The molecule has 0 radical (unpaired) electrons. The number of imide groups is 1. The standard InChI is InChI=1S/C23H15ClF6N2O4S/c24-17-4-6-19(7-5-17)37(35,36)12-13-2-1-3-14(8-13)20(33)32-21(34)31-18-10-15(22(25,26)27)9-16(11-18)23(28,29)30/h1-11H,12H2,(H2,31,32,33,34). The average molecular weight is 565 g/mol. The lowest BCUT2D eigenvalue weighted by Crippen LogP contribution is -2.34. The van der Waals surface area contributed by atoms with Crippen molar-refractivity contribution in [2.24, 2.45) is 0 Å². The molecule has 0 unspecified atom stereocenters. The second kappa shape index (κ2) is 10.4. The van der Waals surface area contributed by atoms with Gasteiger partial charge in [-0.05, 0) is 60.2 Å². The number of urea groups is 1. The molecular weight excluding hydrogens is 550 g/mol. The number of nitrogens with one attached hydrogen (secondary N) is 2. The summed E-state index contributed by atoms with van der Waals surface area (Å²) in [7, 11) is -3.82.